The molecule has 0 spiro atoms. The summed E-state index contributed by atoms with van der Waals surface area (Å²) >= 11 is 0. The van der Waals surface area contributed by atoms with Crippen LogP contribution in [0.5, 0.6) is 0 Å². The fourth-order valence-electron chi connectivity index (χ4n) is 2.42. The molecule has 1 aliphatic carbocycles. The third-order valence-electron chi connectivity index (χ3n) is 3.81. The number of urea groups is 1. The van der Waals surface area contributed by atoms with Gasteiger partial charge < -0.3 is 20.1 Å². The molecule has 0 radical (unpaired) electrons. The minimum absolute atomic E-state index is 0.0961. The number of hydrogen-bond donors (Lipinski definition) is 2. The fraction of sp³-hybridized carbons (Fsp3) is 0.769. The summed E-state index contributed by atoms with van der Waals surface area (Å²) in [5, 5.41) is 11.9. The zero-order valence-electron chi connectivity index (χ0n) is 12.0. The molecule has 0 atom stereocenters. The van der Waals surface area contributed by atoms with Crippen molar-refractivity contribution < 1.29 is 24.2 Å². The third-order valence-corrected chi connectivity index (χ3v) is 3.81. The largest absolute Gasteiger partial charge is 0.481 e. The van der Waals surface area contributed by atoms with Crippen LogP contribution in [-0.4, -0.2) is 54.7 Å². The molecule has 0 aromatic heterocycles. The number of carbonyl (C=O) groups excluding carboxylic acids is 2. The number of aliphatic carboxylic acids is 1. The van der Waals surface area contributed by atoms with Crippen LogP contribution in [0.3, 0.4) is 0 Å². The number of esters is 1. The molecule has 0 bridgehead atoms. The molecule has 1 saturated carbocycles. The zero-order valence-corrected chi connectivity index (χ0v) is 12.0. The van der Waals surface area contributed by atoms with Crippen molar-refractivity contribution in [2.45, 2.75) is 32.6 Å². The predicted octanol–water partition coefficient (Wildman–Crippen LogP) is 0.836. The molecule has 2 amide bonds. The Bertz CT molecular complexity index is 377. The van der Waals surface area contributed by atoms with Gasteiger partial charge in [0.1, 0.15) is 6.54 Å². The van der Waals surface area contributed by atoms with Crippen LogP contribution >= 0.6 is 0 Å². The molecule has 0 unspecified atom stereocenters. The van der Waals surface area contributed by atoms with E-state index in [2.05, 4.69) is 10.1 Å². The summed E-state index contributed by atoms with van der Waals surface area (Å²) < 4.78 is 4.51. The Morgan fingerprint density at radius 2 is 1.90 bits per heavy atom. The quantitative estimate of drug-likeness (QED) is 0.705. The van der Waals surface area contributed by atoms with Gasteiger partial charge in [0.05, 0.1) is 12.5 Å². The first-order valence-corrected chi connectivity index (χ1v) is 6.78. The summed E-state index contributed by atoms with van der Waals surface area (Å²) in [6.07, 6.45) is 2.88. The lowest BCUT2D eigenvalue weighted by Crippen LogP contribution is -2.48. The molecule has 1 aliphatic rings. The maximum atomic E-state index is 12.0. The average Bonchev–Trinajstić information content (AvgIpc) is 2.92. The number of ether oxygens (including phenoxy) is 1. The first-order valence-electron chi connectivity index (χ1n) is 6.78. The van der Waals surface area contributed by atoms with Gasteiger partial charge in [-0.2, -0.15) is 0 Å². The van der Waals surface area contributed by atoms with Crippen molar-refractivity contribution in [2.75, 3.05) is 26.7 Å². The summed E-state index contributed by atoms with van der Waals surface area (Å²) in [5.41, 5.74) is -0.861. The third kappa shape index (κ3) is 3.85. The highest BCUT2D eigenvalue weighted by molar-refractivity contribution is 5.82. The Kier molecular flexibility index (Phi) is 5.79. The standard InChI is InChI=1S/C13H22N2O5/c1-3-15(8-10(16)20-2)12(19)14-9-13(11(17)18)6-4-5-7-13/h3-9H2,1-2H3,(H,14,19)(H,17,18). The topological polar surface area (TPSA) is 95.9 Å². The molecule has 1 fully saturated rings. The van der Waals surface area contributed by atoms with Crippen molar-refractivity contribution in [2.24, 2.45) is 5.41 Å². The monoisotopic (exact) mass is 286 g/mol. The number of nitrogens with zero attached hydrogens (tertiary/aromatic N) is 1. The van der Waals surface area contributed by atoms with Crippen molar-refractivity contribution in [3.63, 3.8) is 0 Å². The van der Waals surface area contributed by atoms with Crippen molar-refractivity contribution in [1.82, 2.24) is 10.2 Å². The maximum Gasteiger partial charge on any atom is 0.325 e. The number of rotatable bonds is 6. The summed E-state index contributed by atoms with van der Waals surface area (Å²) in [6, 6.07) is -0.439. The Hall–Kier alpha value is -1.79. The van der Waals surface area contributed by atoms with E-state index < -0.39 is 23.4 Å². The van der Waals surface area contributed by atoms with E-state index in [1.807, 2.05) is 0 Å². The van der Waals surface area contributed by atoms with Crippen molar-refractivity contribution in [3.05, 3.63) is 0 Å². The minimum Gasteiger partial charge on any atom is -0.481 e. The number of carboxylic acid groups (broad SMARTS) is 1. The number of likely N-dealkylation sites (N-methyl/N-ethyl adjacent to an activating group) is 1. The van der Waals surface area contributed by atoms with Crippen molar-refractivity contribution >= 4 is 18.0 Å². The molecular formula is C13H22N2O5. The van der Waals surface area contributed by atoms with E-state index in [0.717, 1.165) is 12.8 Å². The lowest BCUT2D eigenvalue weighted by Gasteiger charge is -2.26. The molecule has 2 N–H and O–H groups in total. The average molecular weight is 286 g/mol. The first-order chi connectivity index (χ1) is 9.45. The summed E-state index contributed by atoms with van der Waals surface area (Å²) in [4.78, 5) is 35.8. The van der Waals surface area contributed by atoms with Gasteiger partial charge in [-0.1, -0.05) is 12.8 Å². The SMILES string of the molecule is CCN(CC(=O)OC)C(=O)NCC1(C(=O)O)CCCC1. The van der Waals surface area contributed by atoms with Crippen molar-refractivity contribution in [1.29, 1.82) is 0 Å². The van der Waals surface area contributed by atoms with Crippen molar-refractivity contribution in [3.8, 4) is 0 Å². The molecule has 0 aliphatic heterocycles. The van der Waals surface area contributed by atoms with Gasteiger partial charge in [0.2, 0.25) is 0 Å². The Morgan fingerprint density at radius 3 is 2.35 bits per heavy atom. The highest BCUT2D eigenvalue weighted by Crippen LogP contribution is 2.37. The molecule has 0 saturated heterocycles. The van der Waals surface area contributed by atoms with E-state index in [-0.39, 0.29) is 13.1 Å². The lowest BCUT2D eigenvalue weighted by molar-refractivity contribution is -0.148. The Labute approximate surface area is 118 Å². The van der Waals surface area contributed by atoms with Crippen LogP contribution < -0.4 is 5.32 Å². The van der Waals surface area contributed by atoms with Gasteiger partial charge in [0, 0.05) is 13.1 Å². The smallest absolute Gasteiger partial charge is 0.325 e. The minimum atomic E-state index is -0.869. The number of carboxylic acids is 1. The molecule has 0 aromatic rings. The van der Waals surface area contributed by atoms with Crippen LogP contribution in [0.15, 0.2) is 0 Å². The highest BCUT2D eigenvalue weighted by Gasteiger charge is 2.41. The molecule has 7 nitrogen and oxygen atoms in total. The van der Waals surface area contributed by atoms with E-state index in [4.69, 9.17) is 0 Å². The number of carbonyl (C=O) groups is 3. The number of hydrogen-bond acceptors (Lipinski definition) is 4. The van der Waals surface area contributed by atoms with Crippen LogP contribution in [0.25, 0.3) is 0 Å². The normalized spacial score (nSPS) is 16.5. The van der Waals surface area contributed by atoms with Gasteiger partial charge in [0.15, 0.2) is 0 Å². The first kappa shape index (κ1) is 16.3. The number of methoxy groups -OCH3 is 1. The molecule has 114 valence electrons. The van der Waals surface area contributed by atoms with Gasteiger partial charge >= 0.3 is 18.0 Å². The van der Waals surface area contributed by atoms with Gasteiger partial charge in [-0.05, 0) is 19.8 Å². The Balaban J connectivity index is 2.56. The molecule has 20 heavy (non-hydrogen) atoms. The fourth-order valence-corrected chi connectivity index (χ4v) is 2.42. The van der Waals surface area contributed by atoms with E-state index in [0.29, 0.717) is 19.4 Å². The molecule has 0 heterocycles. The molecule has 0 aromatic carbocycles. The van der Waals surface area contributed by atoms with Gasteiger partial charge in [-0.25, -0.2) is 4.79 Å². The second-order valence-electron chi connectivity index (χ2n) is 5.04. The Morgan fingerprint density at radius 1 is 1.30 bits per heavy atom. The van der Waals surface area contributed by atoms with Gasteiger partial charge in [-0.15, -0.1) is 0 Å². The predicted molar refractivity (Wildman–Crippen MR) is 71.2 cm³/mol. The highest BCUT2D eigenvalue weighted by atomic mass is 16.5. The van der Waals surface area contributed by atoms with Gasteiger partial charge in [0.25, 0.3) is 0 Å². The van der Waals surface area contributed by atoms with E-state index in [9.17, 15) is 19.5 Å². The second kappa shape index (κ2) is 7.12. The van der Waals surface area contributed by atoms with Gasteiger partial charge in [-0.3, -0.25) is 9.59 Å². The van der Waals surface area contributed by atoms with E-state index >= 15 is 0 Å². The van der Waals surface area contributed by atoms with Crippen LogP contribution in [0, 0.1) is 5.41 Å². The zero-order chi connectivity index (χ0) is 15.2. The van der Waals surface area contributed by atoms with Crippen LogP contribution in [0.4, 0.5) is 4.79 Å². The number of amides is 2. The maximum absolute atomic E-state index is 12.0. The van der Waals surface area contributed by atoms with Crippen LogP contribution in [-0.2, 0) is 14.3 Å². The van der Waals surface area contributed by atoms with E-state index in [1.165, 1.54) is 12.0 Å². The van der Waals surface area contributed by atoms with Crippen LogP contribution in [0.2, 0.25) is 0 Å². The molecule has 7 heteroatoms. The summed E-state index contributed by atoms with van der Waals surface area (Å²) in [5.74, 6) is -1.37. The summed E-state index contributed by atoms with van der Waals surface area (Å²) in [6.45, 7) is 2.05. The lowest BCUT2D eigenvalue weighted by atomic mass is 9.86. The molecule has 1 rings (SSSR count). The number of nitrogens with one attached hydrogen (secondary N) is 1. The van der Waals surface area contributed by atoms with Crippen LogP contribution in [0.1, 0.15) is 32.6 Å². The summed E-state index contributed by atoms with van der Waals surface area (Å²) in [7, 11) is 1.26. The molecular weight excluding hydrogens is 264 g/mol. The van der Waals surface area contributed by atoms with E-state index in [1.54, 1.807) is 6.92 Å². The second-order valence-corrected chi connectivity index (χ2v) is 5.04.